The first-order chi connectivity index (χ1) is 14.9. The van der Waals surface area contributed by atoms with Gasteiger partial charge < -0.3 is 20.5 Å². The zero-order valence-electron chi connectivity index (χ0n) is 16.8. The van der Waals surface area contributed by atoms with E-state index in [1.165, 1.54) is 12.3 Å². The van der Waals surface area contributed by atoms with Crippen molar-refractivity contribution in [1.82, 2.24) is 15.6 Å². The third-order valence-electron chi connectivity index (χ3n) is 5.09. The Hall–Kier alpha value is -3.13. The number of rotatable bonds is 8. The Morgan fingerprint density at radius 2 is 1.65 bits per heavy atom. The van der Waals surface area contributed by atoms with E-state index in [1.54, 1.807) is 30.3 Å². The van der Waals surface area contributed by atoms with Crippen LogP contribution in [0.15, 0.2) is 42.6 Å². The van der Waals surface area contributed by atoms with Crippen molar-refractivity contribution < 1.29 is 24.2 Å². The summed E-state index contributed by atoms with van der Waals surface area (Å²) in [5, 5.41) is 14.9. The number of aromatic nitrogens is 1. The highest BCUT2D eigenvalue weighted by Crippen LogP contribution is 2.28. The van der Waals surface area contributed by atoms with Crippen LogP contribution in [0.25, 0.3) is 0 Å². The Morgan fingerprint density at radius 3 is 2.26 bits per heavy atom. The van der Waals surface area contributed by atoms with Crippen LogP contribution < -0.4 is 15.4 Å². The lowest BCUT2D eigenvalue weighted by Gasteiger charge is -2.26. The molecule has 3 rings (SSSR count). The minimum absolute atomic E-state index is 0.00660. The normalized spacial score (nSPS) is 18.1. The quantitative estimate of drug-likeness (QED) is 0.538. The van der Waals surface area contributed by atoms with Gasteiger partial charge in [0.05, 0.1) is 12.0 Å². The van der Waals surface area contributed by atoms with E-state index in [0.29, 0.717) is 42.0 Å². The fraction of sp³-hybridized carbons (Fsp3) is 0.364. The monoisotopic (exact) mass is 445 g/mol. The second-order valence-corrected chi connectivity index (χ2v) is 7.76. The number of halogens is 1. The molecule has 2 amide bonds. The van der Waals surface area contributed by atoms with Crippen molar-refractivity contribution in [1.29, 1.82) is 0 Å². The highest BCUT2D eigenvalue weighted by molar-refractivity contribution is 6.30. The number of nitrogens with zero attached hydrogens (tertiary/aromatic N) is 1. The van der Waals surface area contributed by atoms with Gasteiger partial charge in [-0.3, -0.25) is 19.4 Å². The number of carbonyl (C=O) groups excluding carboxylic acids is 2. The maximum Gasteiger partial charge on any atom is 0.306 e. The first-order valence-electron chi connectivity index (χ1n) is 10.1. The van der Waals surface area contributed by atoms with Crippen LogP contribution in [-0.2, 0) is 4.79 Å². The molecule has 0 aliphatic heterocycles. The zero-order chi connectivity index (χ0) is 22.2. The van der Waals surface area contributed by atoms with Crippen molar-refractivity contribution in [2.75, 3.05) is 13.1 Å². The molecule has 1 aromatic carbocycles. The van der Waals surface area contributed by atoms with E-state index in [4.69, 9.17) is 21.4 Å². The zero-order valence-corrected chi connectivity index (χ0v) is 17.6. The molecule has 0 bridgehead atoms. The maximum absolute atomic E-state index is 12.3. The number of hydrogen-bond acceptors (Lipinski definition) is 5. The molecule has 1 aliphatic rings. The SMILES string of the molecule is O=C(NCCNC(=O)c1cc(Cl)ccn1)c1ccc(OC2CCC(C(=O)O)CC2)cc1. The summed E-state index contributed by atoms with van der Waals surface area (Å²) in [7, 11) is 0. The Kier molecular flexibility index (Phi) is 7.83. The molecule has 3 N–H and O–H groups in total. The fourth-order valence-electron chi connectivity index (χ4n) is 3.38. The van der Waals surface area contributed by atoms with Crippen LogP contribution in [0.5, 0.6) is 5.75 Å². The average Bonchev–Trinajstić information content (AvgIpc) is 2.77. The number of ether oxygens (including phenoxy) is 1. The molecule has 1 aromatic heterocycles. The van der Waals surface area contributed by atoms with Crippen molar-refractivity contribution >= 4 is 29.4 Å². The molecule has 0 saturated heterocycles. The van der Waals surface area contributed by atoms with Crippen LogP contribution in [0, 0.1) is 5.92 Å². The molecule has 0 atom stereocenters. The predicted octanol–water partition coefficient (Wildman–Crippen LogP) is 2.92. The minimum atomic E-state index is -0.741. The van der Waals surface area contributed by atoms with Crippen LogP contribution in [0.3, 0.4) is 0 Å². The number of pyridine rings is 1. The van der Waals surface area contributed by atoms with Gasteiger partial charge in [0.2, 0.25) is 0 Å². The topological polar surface area (TPSA) is 118 Å². The molecule has 9 heteroatoms. The second-order valence-electron chi connectivity index (χ2n) is 7.33. The van der Waals surface area contributed by atoms with Crippen molar-refractivity contribution in [3.8, 4) is 5.75 Å². The standard InChI is InChI=1S/C22H24ClN3O5/c23-16-9-10-24-19(13-16)21(28)26-12-11-25-20(27)14-1-5-17(6-2-14)31-18-7-3-15(4-8-18)22(29)30/h1-2,5-6,9-10,13,15,18H,3-4,7-8,11-12H2,(H,25,27)(H,26,28)(H,29,30). The van der Waals surface area contributed by atoms with E-state index in [1.807, 2.05) is 0 Å². The molecule has 0 radical (unpaired) electrons. The van der Waals surface area contributed by atoms with E-state index in [-0.39, 0.29) is 42.6 Å². The molecule has 31 heavy (non-hydrogen) atoms. The van der Waals surface area contributed by atoms with Gasteiger partial charge >= 0.3 is 5.97 Å². The van der Waals surface area contributed by atoms with Crippen molar-refractivity contribution in [2.24, 2.45) is 5.92 Å². The first-order valence-corrected chi connectivity index (χ1v) is 10.5. The van der Waals surface area contributed by atoms with Gasteiger partial charge in [0.25, 0.3) is 11.8 Å². The van der Waals surface area contributed by atoms with Crippen LogP contribution in [-0.4, -0.2) is 47.1 Å². The van der Waals surface area contributed by atoms with E-state index in [2.05, 4.69) is 15.6 Å². The molecule has 0 unspecified atom stereocenters. The molecule has 1 fully saturated rings. The smallest absolute Gasteiger partial charge is 0.306 e. The Bertz CT molecular complexity index is 927. The average molecular weight is 446 g/mol. The molecule has 2 aromatic rings. The van der Waals surface area contributed by atoms with Gasteiger partial charge in [-0.1, -0.05) is 11.6 Å². The minimum Gasteiger partial charge on any atom is -0.490 e. The fourth-order valence-corrected chi connectivity index (χ4v) is 3.54. The molecule has 1 aliphatic carbocycles. The summed E-state index contributed by atoms with van der Waals surface area (Å²) in [5.41, 5.74) is 0.690. The maximum atomic E-state index is 12.3. The van der Waals surface area contributed by atoms with Crippen LogP contribution in [0.4, 0.5) is 0 Å². The van der Waals surface area contributed by atoms with Gasteiger partial charge in [0, 0.05) is 29.9 Å². The first kappa shape index (κ1) is 22.6. The van der Waals surface area contributed by atoms with Crippen molar-refractivity contribution in [3.05, 3.63) is 58.9 Å². The molecular formula is C22H24ClN3O5. The number of nitrogens with one attached hydrogen (secondary N) is 2. The number of hydrogen-bond donors (Lipinski definition) is 3. The second kappa shape index (κ2) is 10.8. The largest absolute Gasteiger partial charge is 0.490 e. The number of benzene rings is 1. The third-order valence-corrected chi connectivity index (χ3v) is 5.33. The van der Waals surface area contributed by atoms with Crippen LogP contribution in [0.2, 0.25) is 5.02 Å². The predicted molar refractivity (Wildman–Crippen MR) is 114 cm³/mol. The summed E-state index contributed by atoms with van der Waals surface area (Å²) in [4.78, 5) is 39.2. The van der Waals surface area contributed by atoms with Gasteiger partial charge in [-0.15, -0.1) is 0 Å². The summed E-state index contributed by atoms with van der Waals surface area (Å²) < 4.78 is 5.91. The number of carboxylic acids is 1. The van der Waals surface area contributed by atoms with Gasteiger partial charge in [-0.05, 0) is 62.1 Å². The van der Waals surface area contributed by atoms with Crippen LogP contribution >= 0.6 is 11.6 Å². The Morgan fingerprint density at radius 1 is 1.00 bits per heavy atom. The lowest BCUT2D eigenvalue weighted by Crippen LogP contribution is -2.35. The highest BCUT2D eigenvalue weighted by Gasteiger charge is 2.26. The van der Waals surface area contributed by atoms with E-state index >= 15 is 0 Å². The summed E-state index contributed by atoms with van der Waals surface area (Å²) >= 11 is 5.84. The molecule has 164 valence electrons. The lowest BCUT2D eigenvalue weighted by molar-refractivity contribution is -0.143. The van der Waals surface area contributed by atoms with Crippen LogP contribution in [0.1, 0.15) is 46.5 Å². The number of aliphatic carboxylic acids is 1. The van der Waals surface area contributed by atoms with Gasteiger partial charge in [0.15, 0.2) is 0 Å². The van der Waals surface area contributed by atoms with Crippen molar-refractivity contribution in [3.63, 3.8) is 0 Å². The molecule has 1 heterocycles. The summed E-state index contributed by atoms with van der Waals surface area (Å²) in [5.74, 6) is -0.997. The molecular weight excluding hydrogens is 422 g/mol. The number of carboxylic acid groups (broad SMARTS) is 1. The van der Waals surface area contributed by atoms with E-state index in [0.717, 1.165) is 0 Å². The molecule has 1 saturated carbocycles. The molecule has 0 spiro atoms. The lowest BCUT2D eigenvalue weighted by atomic mass is 9.87. The summed E-state index contributed by atoms with van der Waals surface area (Å²) in [6.07, 6.45) is 4.08. The Balaban J connectivity index is 1.39. The van der Waals surface area contributed by atoms with E-state index < -0.39 is 5.97 Å². The highest BCUT2D eigenvalue weighted by atomic mass is 35.5. The van der Waals surface area contributed by atoms with Gasteiger partial charge in [0.1, 0.15) is 11.4 Å². The van der Waals surface area contributed by atoms with E-state index in [9.17, 15) is 14.4 Å². The molecule has 8 nitrogen and oxygen atoms in total. The summed E-state index contributed by atoms with van der Waals surface area (Å²) in [6.45, 7) is 0.509. The number of carbonyl (C=O) groups is 3. The van der Waals surface area contributed by atoms with Gasteiger partial charge in [-0.25, -0.2) is 0 Å². The van der Waals surface area contributed by atoms with Gasteiger partial charge in [-0.2, -0.15) is 0 Å². The third kappa shape index (κ3) is 6.68. The summed E-state index contributed by atoms with van der Waals surface area (Å²) in [6, 6.07) is 9.84. The van der Waals surface area contributed by atoms with Crippen molar-refractivity contribution in [2.45, 2.75) is 31.8 Å². The number of amides is 2. The Labute approximate surface area is 185 Å².